The predicted molar refractivity (Wildman–Crippen MR) is 84.5 cm³/mol. The van der Waals surface area contributed by atoms with Crippen molar-refractivity contribution in [3.8, 4) is 0 Å². The Hall–Kier alpha value is -1.72. The van der Waals surface area contributed by atoms with Gasteiger partial charge in [0.15, 0.2) is 5.13 Å². The Morgan fingerprint density at radius 1 is 1.04 bits per heavy atom. The standard InChI is InChI=1S/C14H13F4N3O2S2/c15-10-1-3-11(4-2-10)25(22,23)21-7-5-20(6-8-21)13-19-9-12(24-13)14(16,17)18/h1-4,9H,5-8H2. The van der Waals surface area contributed by atoms with E-state index >= 15 is 0 Å². The third kappa shape index (κ3) is 3.77. The monoisotopic (exact) mass is 395 g/mol. The number of nitrogens with zero attached hydrogens (tertiary/aromatic N) is 3. The van der Waals surface area contributed by atoms with E-state index in [-0.39, 0.29) is 36.2 Å². The highest BCUT2D eigenvalue weighted by atomic mass is 32.2. The number of alkyl halides is 3. The van der Waals surface area contributed by atoms with E-state index in [1.807, 2.05) is 0 Å². The Morgan fingerprint density at radius 3 is 2.16 bits per heavy atom. The van der Waals surface area contributed by atoms with Crippen LogP contribution in [0.2, 0.25) is 0 Å². The number of aromatic nitrogens is 1. The lowest BCUT2D eigenvalue weighted by molar-refractivity contribution is -0.134. The van der Waals surface area contributed by atoms with Crippen LogP contribution in [-0.2, 0) is 16.2 Å². The van der Waals surface area contributed by atoms with Gasteiger partial charge in [0.05, 0.1) is 11.1 Å². The predicted octanol–water partition coefficient (Wildman–Crippen LogP) is 2.81. The highest BCUT2D eigenvalue weighted by Gasteiger charge is 2.35. The quantitative estimate of drug-likeness (QED) is 0.750. The van der Waals surface area contributed by atoms with Crippen molar-refractivity contribution in [1.29, 1.82) is 0 Å². The minimum absolute atomic E-state index is 0.0176. The van der Waals surface area contributed by atoms with E-state index in [1.54, 1.807) is 4.90 Å². The summed E-state index contributed by atoms with van der Waals surface area (Å²) in [6, 6.07) is 4.51. The van der Waals surface area contributed by atoms with Gasteiger partial charge in [0.2, 0.25) is 10.0 Å². The Morgan fingerprint density at radius 2 is 1.64 bits per heavy atom. The summed E-state index contributed by atoms with van der Waals surface area (Å²) < 4.78 is 77.1. The summed E-state index contributed by atoms with van der Waals surface area (Å²) in [7, 11) is -3.76. The molecule has 1 aliphatic rings. The van der Waals surface area contributed by atoms with Crippen LogP contribution in [0.15, 0.2) is 35.4 Å². The van der Waals surface area contributed by atoms with Crippen LogP contribution in [0.1, 0.15) is 4.88 Å². The Bertz CT molecular complexity index is 842. The summed E-state index contributed by atoms with van der Waals surface area (Å²) in [5.41, 5.74) is 0. The third-order valence-corrected chi connectivity index (χ3v) is 6.75. The van der Waals surface area contributed by atoms with Crippen molar-refractivity contribution in [2.45, 2.75) is 11.1 Å². The highest BCUT2D eigenvalue weighted by Crippen LogP contribution is 2.36. The first-order valence-corrected chi connectivity index (χ1v) is 9.47. The molecule has 1 aromatic heterocycles. The maximum Gasteiger partial charge on any atom is 0.427 e. The molecule has 0 amide bonds. The van der Waals surface area contributed by atoms with Crippen LogP contribution in [0.5, 0.6) is 0 Å². The van der Waals surface area contributed by atoms with E-state index in [1.165, 1.54) is 16.4 Å². The first kappa shape index (κ1) is 18.1. The first-order valence-electron chi connectivity index (χ1n) is 7.21. The number of piperazine rings is 1. The number of rotatable bonds is 3. The molecule has 1 aliphatic heterocycles. The molecule has 0 saturated carbocycles. The molecule has 0 spiro atoms. The van der Waals surface area contributed by atoms with Crippen molar-refractivity contribution in [3.05, 3.63) is 41.2 Å². The van der Waals surface area contributed by atoms with Gasteiger partial charge in [-0.3, -0.25) is 0 Å². The minimum Gasteiger partial charge on any atom is -0.345 e. The second-order valence-corrected chi connectivity index (χ2v) is 8.30. The zero-order valence-electron chi connectivity index (χ0n) is 12.7. The van der Waals surface area contributed by atoms with Crippen molar-refractivity contribution < 1.29 is 26.0 Å². The fourth-order valence-electron chi connectivity index (χ4n) is 2.42. The average Bonchev–Trinajstić information content (AvgIpc) is 3.06. The third-order valence-electron chi connectivity index (χ3n) is 3.73. The Labute approximate surface area is 145 Å². The van der Waals surface area contributed by atoms with Crippen LogP contribution < -0.4 is 4.90 Å². The van der Waals surface area contributed by atoms with E-state index in [0.29, 0.717) is 11.3 Å². The van der Waals surface area contributed by atoms with E-state index in [4.69, 9.17) is 0 Å². The molecule has 2 aromatic rings. The summed E-state index contributed by atoms with van der Waals surface area (Å²) >= 11 is 0.533. The first-order chi connectivity index (χ1) is 11.7. The lowest BCUT2D eigenvalue weighted by Gasteiger charge is -2.33. The van der Waals surface area contributed by atoms with Gasteiger partial charge in [-0.05, 0) is 24.3 Å². The SMILES string of the molecule is O=S(=O)(c1ccc(F)cc1)N1CCN(c2ncc(C(F)(F)F)s2)CC1. The summed E-state index contributed by atoms with van der Waals surface area (Å²) in [5.74, 6) is -0.534. The molecule has 0 radical (unpaired) electrons. The number of anilines is 1. The molecular weight excluding hydrogens is 382 g/mol. The molecule has 1 aromatic carbocycles. The van der Waals surface area contributed by atoms with Gasteiger partial charge in [0.1, 0.15) is 10.7 Å². The van der Waals surface area contributed by atoms with Gasteiger partial charge in [0, 0.05) is 26.2 Å². The van der Waals surface area contributed by atoms with E-state index in [2.05, 4.69) is 4.98 Å². The van der Waals surface area contributed by atoms with Crippen LogP contribution >= 0.6 is 11.3 Å². The molecule has 0 N–H and O–H groups in total. The fraction of sp³-hybridized carbons (Fsp3) is 0.357. The number of halogens is 4. The van der Waals surface area contributed by atoms with Gasteiger partial charge >= 0.3 is 6.18 Å². The Balaban J connectivity index is 1.69. The van der Waals surface area contributed by atoms with Gasteiger partial charge in [-0.2, -0.15) is 17.5 Å². The van der Waals surface area contributed by atoms with Gasteiger partial charge in [-0.1, -0.05) is 11.3 Å². The molecule has 0 unspecified atom stereocenters. The zero-order valence-corrected chi connectivity index (χ0v) is 14.3. The normalized spacial score (nSPS) is 17.0. The molecule has 5 nitrogen and oxygen atoms in total. The fourth-order valence-corrected chi connectivity index (χ4v) is 4.67. The lowest BCUT2D eigenvalue weighted by atomic mass is 10.4. The molecule has 0 bridgehead atoms. The molecule has 3 rings (SSSR count). The van der Waals surface area contributed by atoms with E-state index in [0.717, 1.165) is 18.3 Å². The number of sulfonamides is 1. The van der Waals surface area contributed by atoms with E-state index < -0.39 is 26.9 Å². The highest BCUT2D eigenvalue weighted by molar-refractivity contribution is 7.89. The van der Waals surface area contributed by atoms with Crippen LogP contribution in [0.3, 0.4) is 0 Å². The lowest BCUT2D eigenvalue weighted by Crippen LogP contribution is -2.48. The van der Waals surface area contributed by atoms with Crippen molar-refractivity contribution in [3.63, 3.8) is 0 Å². The molecule has 2 heterocycles. The van der Waals surface area contributed by atoms with Crippen LogP contribution in [0.4, 0.5) is 22.7 Å². The molecular formula is C14H13F4N3O2S2. The van der Waals surface area contributed by atoms with Crippen LogP contribution in [0.25, 0.3) is 0 Å². The summed E-state index contributed by atoms with van der Waals surface area (Å²) in [5, 5.41) is 0.214. The van der Waals surface area contributed by atoms with Crippen molar-refractivity contribution >= 4 is 26.5 Å². The number of hydrogen-bond acceptors (Lipinski definition) is 5. The van der Waals surface area contributed by atoms with Crippen LogP contribution in [0, 0.1) is 5.82 Å². The summed E-state index contributed by atoms with van der Waals surface area (Å²) in [4.78, 5) is 4.59. The minimum atomic E-state index is -4.44. The topological polar surface area (TPSA) is 53.5 Å². The Kier molecular flexibility index (Phi) is 4.73. The van der Waals surface area contributed by atoms with Gasteiger partial charge in [-0.15, -0.1) is 0 Å². The molecule has 25 heavy (non-hydrogen) atoms. The second-order valence-electron chi connectivity index (χ2n) is 5.35. The molecule has 1 fully saturated rings. The molecule has 11 heteroatoms. The molecule has 136 valence electrons. The van der Waals surface area contributed by atoms with Crippen molar-refractivity contribution in [2.75, 3.05) is 31.1 Å². The number of benzene rings is 1. The number of thiazole rings is 1. The van der Waals surface area contributed by atoms with Gasteiger partial charge in [0.25, 0.3) is 0 Å². The average molecular weight is 395 g/mol. The maximum absolute atomic E-state index is 12.9. The van der Waals surface area contributed by atoms with Crippen molar-refractivity contribution in [1.82, 2.24) is 9.29 Å². The smallest absolute Gasteiger partial charge is 0.345 e. The second kappa shape index (κ2) is 6.54. The van der Waals surface area contributed by atoms with Crippen molar-refractivity contribution in [2.24, 2.45) is 0 Å². The molecule has 0 atom stereocenters. The molecule has 1 saturated heterocycles. The molecule has 0 aliphatic carbocycles. The number of hydrogen-bond donors (Lipinski definition) is 0. The van der Waals surface area contributed by atoms with Gasteiger partial charge in [-0.25, -0.2) is 17.8 Å². The largest absolute Gasteiger partial charge is 0.427 e. The van der Waals surface area contributed by atoms with Crippen LogP contribution in [-0.4, -0.2) is 43.9 Å². The van der Waals surface area contributed by atoms with E-state index in [9.17, 15) is 26.0 Å². The summed E-state index contributed by atoms with van der Waals surface area (Å²) in [6.07, 6.45) is -3.66. The zero-order chi connectivity index (χ0) is 18.2. The maximum atomic E-state index is 12.9. The van der Waals surface area contributed by atoms with Gasteiger partial charge < -0.3 is 4.90 Å². The summed E-state index contributed by atoms with van der Waals surface area (Å²) in [6.45, 7) is 0.678.